The Morgan fingerprint density at radius 2 is 1.23 bits per heavy atom. The number of hydrogen-bond donors (Lipinski definition) is 4. The number of ether oxygens (including phenoxy) is 2. The summed E-state index contributed by atoms with van der Waals surface area (Å²) in [4.78, 5) is 48.8. The third-order valence-electron chi connectivity index (χ3n) is 7.03. The summed E-state index contributed by atoms with van der Waals surface area (Å²) in [6, 6.07) is 17.7. The quantitative estimate of drug-likeness (QED) is 0.127. The molecule has 0 fully saturated rings. The van der Waals surface area contributed by atoms with Crippen LogP contribution in [0.25, 0.3) is 0 Å². The Morgan fingerprint density at radius 3 is 1.77 bits per heavy atom. The Labute approximate surface area is 255 Å². The van der Waals surface area contributed by atoms with Gasteiger partial charge in [-0.25, -0.2) is 9.59 Å². The first-order chi connectivity index (χ1) is 20.8. The number of benzene rings is 2. The first-order valence-corrected chi connectivity index (χ1v) is 15.2. The van der Waals surface area contributed by atoms with Gasteiger partial charge in [0, 0.05) is 6.54 Å². The van der Waals surface area contributed by atoms with E-state index in [2.05, 4.69) is 21.3 Å². The molecule has 43 heavy (non-hydrogen) atoms. The summed E-state index contributed by atoms with van der Waals surface area (Å²) in [5.41, 5.74) is 1.68. The first kappa shape index (κ1) is 35.4. The van der Waals surface area contributed by atoms with Crippen molar-refractivity contribution in [2.45, 2.75) is 78.2 Å². The summed E-state index contributed by atoms with van der Waals surface area (Å²) in [6.45, 7) is 7.60. The molecule has 2 rings (SSSR count). The van der Waals surface area contributed by atoms with E-state index in [1.54, 1.807) is 0 Å². The predicted octanol–water partition coefficient (Wildman–Crippen LogP) is 4.72. The molecule has 10 nitrogen and oxygen atoms in total. The topological polar surface area (TPSA) is 135 Å². The van der Waals surface area contributed by atoms with Crippen LogP contribution in [0, 0.1) is 11.8 Å². The van der Waals surface area contributed by atoms with Gasteiger partial charge in [-0.3, -0.25) is 10.1 Å². The van der Waals surface area contributed by atoms with Gasteiger partial charge in [0.05, 0.1) is 12.1 Å². The Hall–Kier alpha value is -3.76. The molecule has 3 atom stereocenters. The third-order valence-corrected chi connectivity index (χ3v) is 7.03. The van der Waals surface area contributed by atoms with Gasteiger partial charge in [-0.1, -0.05) is 101 Å². The lowest BCUT2D eigenvalue weighted by Crippen LogP contribution is -2.52. The Balaban J connectivity index is 1.79. The van der Waals surface area contributed by atoms with Crippen LogP contribution in [0.2, 0.25) is 0 Å². The van der Waals surface area contributed by atoms with E-state index in [4.69, 9.17) is 9.47 Å². The van der Waals surface area contributed by atoms with Crippen LogP contribution in [0.5, 0.6) is 0 Å². The predicted molar refractivity (Wildman–Crippen MR) is 166 cm³/mol. The van der Waals surface area contributed by atoms with Gasteiger partial charge in [0.2, 0.25) is 5.91 Å². The second kappa shape index (κ2) is 21.0. The van der Waals surface area contributed by atoms with Crippen LogP contribution in [-0.2, 0) is 32.3 Å². The Morgan fingerprint density at radius 1 is 0.721 bits per heavy atom. The zero-order valence-electron chi connectivity index (χ0n) is 25.7. The highest BCUT2D eigenvalue weighted by Crippen LogP contribution is 2.08. The maximum absolute atomic E-state index is 13.1. The van der Waals surface area contributed by atoms with Crippen molar-refractivity contribution in [2.24, 2.45) is 11.8 Å². The van der Waals surface area contributed by atoms with Gasteiger partial charge in [-0.2, -0.15) is 0 Å². The van der Waals surface area contributed by atoms with E-state index in [-0.39, 0.29) is 37.6 Å². The molecule has 0 aliphatic carbocycles. The number of nitrogens with one attached hydrogen (secondary N) is 4. The van der Waals surface area contributed by atoms with Crippen LogP contribution < -0.4 is 21.3 Å². The molecular weight excluding hydrogens is 548 g/mol. The van der Waals surface area contributed by atoms with Gasteiger partial charge in [-0.05, 0) is 48.9 Å². The number of aldehydes is 1. The molecule has 2 aromatic carbocycles. The molecule has 236 valence electrons. The molecule has 4 N–H and O–H groups in total. The number of amides is 3. The van der Waals surface area contributed by atoms with Crippen molar-refractivity contribution in [3.05, 3.63) is 71.8 Å². The van der Waals surface area contributed by atoms with Gasteiger partial charge in [0.15, 0.2) is 0 Å². The molecule has 0 heterocycles. The normalized spacial score (nSPS) is 13.0. The van der Waals surface area contributed by atoms with E-state index >= 15 is 0 Å². The van der Waals surface area contributed by atoms with E-state index in [1.807, 2.05) is 81.4 Å². The fourth-order valence-electron chi connectivity index (χ4n) is 4.37. The van der Waals surface area contributed by atoms with Crippen molar-refractivity contribution in [2.75, 3.05) is 19.6 Å². The van der Waals surface area contributed by atoms with Gasteiger partial charge in [0.1, 0.15) is 19.5 Å². The van der Waals surface area contributed by atoms with E-state index in [9.17, 15) is 19.2 Å². The average molecular weight is 597 g/mol. The number of hydrogen-bond acceptors (Lipinski definition) is 8. The lowest BCUT2D eigenvalue weighted by atomic mass is 10.0. The van der Waals surface area contributed by atoms with E-state index in [0.29, 0.717) is 6.54 Å². The molecule has 1 unspecified atom stereocenters. The molecule has 0 aliphatic heterocycles. The van der Waals surface area contributed by atoms with Gasteiger partial charge in [0.25, 0.3) is 0 Å². The van der Waals surface area contributed by atoms with Crippen molar-refractivity contribution in [1.29, 1.82) is 0 Å². The number of imide groups is 1. The summed E-state index contributed by atoms with van der Waals surface area (Å²) < 4.78 is 10.5. The number of carbonyl (C=O) groups excluding carboxylic acids is 4. The molecule has 10 heteroatoms. The average Bonchev–Trinajstić information content (AvgIpc) is 3.01. The third kappa shape index (κ3) is 15.3. The maximum atomic E-state index is 13.1. The standard InChI is InChI=1S/C33H48N4O6/c1-25(2)29(22-38)34-19-13-5-4-6-14-20-35-30(31(39)37-33(41)43-24-28-17-11-8-12-18-28)26(3)21-36-32(40)42-23-27-15-9-7-10-16-27/h7-12,15-18,22,25-26,29-30,34-35H,4-6,13-14,19-21,23-24H2,1-3H3,(H,36,40)(H,37,39,41)/t26?,29-,30+/m1/s1. The summed E-state index contributed by atoms with van der Waals surface area (Å²) in [7, 11) is 0. The van der Waals surface area contributed by atoms with Crippen molar-refractivity contribution in [3.63, 3.8) is 0 Å². The van der Waals surface area contributed by atoms with Gasteiger partial charge < -0.3 is 30.2 Å². The largest absolute Gasteiger partial charge is 0.445 e. The summed E-state index contributed by atoms with van der Waals surface area (Å²) in [5, 5.41) is 11.6. The maximum Gasteiger partial charge on any atom is 0.414 e. The highest BCUT2D eigenvalue weighted by Gasteiger charge is 2.27. The molecule has 0 aromatic heterocycles. The number of unbranched alkanes of at least 4 members (excludes halogenated alkanes) is 4. The molecule has 0 bridgehead atoms. The highest BCUT2D eigenvalue weighted by molar-refractivity contribution is 5.95. The summed E-state index contributed by atoms with van der Waals surface area (Å²) in [5.74, 6) is -0.591. The Bertz CT molecular complexity index is 1080. The SMILES string of the molecule is CC(CNC(=O)OCc1ccccc1)[C@H](NCCCCCCCN[C@H](C=O)C(C)C)C(=O)NC(=O)OCc1ccccc1. The number of alkyl carbamates (subject to hydrolysis) is 2. The molecule has 2 aromatic rings. The molecule has 0 radical (unpaired) electrons. The van der Waals surface area contributed by atoms with Crippen LogP contribution >= 0.6 is 0 Å². The lowest BCUT2D eigenvalue weighted by Gasteiger charge is -2.24. The van der Waals surface area contributed by atoms with Gasteiger partial charge >= 0.3 is 12.2 Å². The minimum absolute atomic E-state index is 0.0468. The second-order valence-electron chi connectivity index (χ2n) is 11.0. The van der Waals surface area contributed by atoms with Crippen molar-refractivity contribution >= 4 is 24.4 Å². The van der Waals surface area contributed by atoms with Gasteiger partial charge in [-0.15, -0.1) is 0 Å². The summed E-state index contributed by atoms with van der Waals surface area (Å²) >= 11 is 0. The minimum Gasteiger partial charge on any atom is -0.445 e. The van der Waals surface area contributed by atoms with Crippen LogP contribution in [-0.4, -0.2) is 56.1 Å². The van der Waals surface area contributed by atoms with Crippen molar-refractivity contribution < 1.29 is 28.7 Å². The molecule has 0 spiro atoms. The minimum atomic E-state index is -0.828. The Kier molecular flexibility index (Phi) is 17.3. The van der Waals surface area contributed by atoms with Crippen molar-refractivity contribution in [1.82, 2.24) is 21.3 Å². The molecular formula is C33H48N4O6. The number of rotatable bonds is 20. The van der Waals surface area contributed by atoms with Crippen LogP contribution in [0.4, 0.5) is 9.59 Å². The van der Waals surface area contributed by atoms with Crippen LogP contribution in [0.1, 0.15) is 64.0 Å². The van der Waals surface area contributed by atoms with Crippen LogP contribution in [0.3, 0.4) is 0 Å². The lowest BCUT2D eigenvalue weighted by molar-refractivity contribution is -0.123. The fraction of sp³-hybridized carbons (Fsp3) is 0.515. The number of carbonyl (C=O) groups is 4. The monoisotopic (exact) mass is 596 g/mol. The smallest absolute Gasteiger partial charge is 0.414 e. The first-order valence-electron chi connectivity index (χ1n) is 15.2. The van der Waals surface area contributed by atoms with Crippen molar-refractivity contribution in [3.8, 4) is 0 Å². The molecule has 0 saturated heterocycles. The second-order valence-corrected chi connectivity index (χ2v) is 11.0. The fourth-order valence-corrected chi connectivity index (χ4v) is 4.37. The molecule has 0 saturated carbocycles. The van der Waals surface area contributed by atoms with Crippen LogP contribution in [0.15, 0.2) is 60.7 Å². The molecule has 0 aliphatic rings. The molecule has 3 amide bonds. The van der Waals surface area contributed by atoms with E-state index in [0.717, 1.165) is 56.1 Å². The highest BCUT2D eigenvalue weighted by atomic mass is 16.6. The zero-order valence-corrected chi connectivity index (χ0v) is 25.7. The summed E-state index contributed by atoms with van der Waals surface area (Å²) in [6.07, 6.45) is 4.44. The van der Waals surface area contributed by atoms with E-state index in [1.165, 1.54) is 0 Å². The van der Waals surface area contributed by atoms with E-state index < -0.39 is 24.1 Å². The zero-order chi connectivity index (χ0) is 31.3.